The highest BCUT2D eigenvalue weighted by Crippen LogP contribution is 2.28. The average molecular weight is 531 g/mol. The van der Waals surface area contributed by atoms with Crippen molar-refractivity contribution in [1.82, 2.24) is 4.90 Å². The van der Waals surface area contributed by atoms with Crippen molar-refractivity contribution in [3.05, 3.63) is 106 Å². The summed E-state index contributed by atoms with van der Waals surface area (Å²) in [5.41, 5.74) is -0.214. The number of amides is 1. The van der Waals surface area contributed by atoms with Crippen LogP contribution < -0.4 is 0 Å². The fourth-order valence-electron chi connectivity index (χ4n) is 3.36. The summed E-state index contributed by atoms with van der Waals surface area (Å²) in [5, 5.41) is 11.1. The van der Waals surface area contributed by atoms with Crippen molar-refractivity contribution >= 4 is 21.9 Å². The number of ether oxygens (including phenoxy) is 1. The zero-order chi connectivity index (χ0) is 27.2. The zero-order valence-electron chi connectivity index (χ0n) is 20.5. The van der Waals surface area contributed by atoms with E-state index in [1.54, 1.807) is 51.1 Å². The Morgan fingerprint density at radius 2 is 1.68 bits per heavy atom. The van der Waals surface area contributed by atoms with Crippen molar-refractivity contribution in [2.75, 3.05) is 6.54 Å². The fraction of sp³-hybridized carbons (Fsp3) is 0.269. The van der Waals surface area contributed by atoms with Crippen LogP contribution in [-0.2, 0) is 25.6 Å². The first-order chi connectivity index (χ1) is 17.3. The van der Waals surface area contributed by atoms with Crippen molar-refractivity contribution in [3.63, 3.8) is 0 Å². The third-order valence-corrected chi connectivity index (χ3v) is 6.37. The summed E-state index contributed by atoms with van der Waals surface area (Å²) in [6, 6.07) is 18.4. The Balaban J connectivity index is 1.97. The highest BCUT2D eigenvalue weighted by atomic mass is 32.2. The average Bonchev–Trinajstić information content (AvgIpc) is 2.84. The third-order valence-electron chi connectivity index (χ3n) is 5.06. The van der Waals surface area contributed by atoms with Gasteiger partial charge in [0.25, 0.3) is 15.8 Å². The number of hydrogen-bond acceptors (Lipinski definition) is 7. The topological polar surface area (TPSA) is 116 Å². The molecule has 11 heteroatoms. The lowest BCUT2D eigenvalue weighted by molar-refractivity contribution is -0.385. The molecule has 3 rings (SSSR count). The number of carbonyl (C=O) groups is 1. The number of non-ortho nitro benzene ring substituents is 1. The van der Waals surface area contributed by atoms with Gasteiger partial charge in [0.2, 0.25) is 0 Å². The molecule has 1 amide bonds. The second-order valence-corrected chi connectivity index (χ2v) is 10.8. The number of rotatable bonds is 9. The van der Waals surface area contributed by atoms with Gasteiger partial charge < -0.3 is 9.64 Å². The quantitative estimate of drug-likeness (QED) is 0.200. The Morgan fingerprint density at radius 1 is 1.03 bits per heavy atom. The van der Waals surface area contributed by atoms with Crippen LogP contribution in [0.1, 0.15) is 38.0 Å². The van der Waals surface area contributed by atoms with E-state index in [1.165, 1.54) is 47.4 Å². The van der Waals surface area contributed by atoms with E-state index in [2.05, 4.69) is 0 Å². The molecule has 37 heavy (non-hydrogen) atoms. The van der Waals surface area contributed by atoms with Crippen LogP contribution in [0.4, 0.5) is 14.9 Å². The molecule has 0 aliphatic carbocycles. The molecule has 0 heterocycles. The van der Waals surface area contributed by atoms with Crippen molar-refractivity contribution < 1.29 is 31.4 Å². The molecule has 0 saturated carbocycles. The summed E-state index contributed by atoms with van der Waals surface area (Å²) < 4.78 is 50.8. The van der Waals surface area contributed by atoms with E-state index in [4.69, 9.17) is 8.92 Å². The minimum absolute atomic E-state index is 0.0151. The predicted molar refractivity (Wildman–Crippen MR) is 134 cm³/mol. The molecule has 0 spiro atoms. The highest BCUT2D eigenvalue weighted by molar-refractivity contribution is 7.86. The van der Waals surface area contributed by atoms with Crippen LogP contribution in [0.25, 0.3) is 0 Å². The summed E-state index contributed by atoms with van der Waals surface area (Å²) in [6.07, 6.45) is -1.91. The lowest BCUT2D eigenvalue weighted by Gasteiger charge is -2.30. The van der Waals surface area contributed by atoms with Gasteiger partial charge >= 0.3 is 6.09 Å². The van der Waals surface area contributed by atoms with Gasteiger partial charge in [-0.05, 0) is 50.1 Å². The molecule has 3 aromatic rings. The fourth-order valence-corrected chi connectivity index (χ4v) is 4.46. The van der Waals surface area contributed by atoms with Crippen LogP contribution in [0.5, 0.6) is 0 Å². The van der Waals surface area contributed by atoms with Gasteiger partial charge in [-0.15, -0.1) is 0 Å². The molecule has 0 radical (unpaired) electrons. The van der Waals surface area contributed by atoms with E-state index < -0.39 is 49.2 Å². The second-order valence-electron chi connectivity index (χ2n) is 9.19. The molecule has 0 fully saturated rings. The van der Waals surface area contributed by atoms with Crippen molar-refractivity contribution in [3.8, 4) is 0 Å². The molecule has 0 aliphatic rings. The molecule has 0 bridgehead atoms. The molecule has 3 aromatic carbocycles. The lowest BCUT2D eigenvalue weighted by atomic mass is 10.1. The van der Waals surface area contributed by atoms with Crippen LogP contribution in [0.15, 0.2) is 83.8 Å². The van der Waals surface area contributed by atoms with Gasteiger partial charge in [-0.25, -0.2) is 9.18 Å². The molecule has 0 N–H and O–H groups in total. The Bertz CT molecular complexity index is 1340. The Morgan fingerprint density at radius 3 is 2.27 bits per heavy atom. The number of hydrogen-bond donors (Lipinski definition) is 0. The van der Waals surface area contributed by atoms with Crippen LogP contribution in [0.3, 0.4) is 0 Å². The van der Waals surface area contributed by atoms with E-state index in [0.717, 1.165) is 6.07 Å². The smallest absolute Gasteiger partial charge is 0.410 e. The first-order valence-electron chi connectivity index (χ1n) is 11.3. The maximum absolute atomic E-state index is 13.4. The van der Waals surface area contributed by atoms with Crippen LogP contribution in [0.2, 0.25) is 0 Å². The summed E-state index contributed by atoms with van der Waals surface area (Å²) >= 11 is 0. The van der Waals surface area contributed by atoms with Crippen LogP contribution in [0, 0.1) is 15.9 Å². The van der Waals surface area contributed by atoms with E-state index in [1.807, 2.05) is 0 Å². The van der Waals surface area contributed by atoms with E-state index in [0.29, 0.717) is 11.1 Å². The van der Waals surface area contributed by atoms with Gasteiger partial charge in [0.05, 0.1) is 11.5 Å². The maximum atomic E-state index is 13.4. The van der Waals surface area contributed by atoms with Gasteiger partial charge in [0.1, 0.15) is 22.4 Å². The molecule has 0 aliphatic heterocycles. The first kappa shape index (κ1) is 27.8. The van der Waals surface area contributed by atoms with Gasteiger partial charge in [-0.2, -0.15) is 8.42 Å². The molecule has 0 aromatic heterocycles. The largest absolute Gasteiger partial charge is 0.444 e. The number of halogens is 1. The molecule has 1 unspecified atom stereocenters. The molecule has 1 atom stereocenters. The minimum atomic E-state index is -4.48. The van der Waals surface area contributed by atoms with Crippen LogP contribution in [-0.4, -0.2) is 36.5 Å². The maximum Gasteiger partial charge on any atom is 0.410 e. The number of benzene rings is 3. The molecule has 196 valence electrons. The standard InChI is InChI=1S/C26H27FN2O7S/c1-26(2,3)35-25(30)28(17-19-12-14-21(27)15-13-19)18-24(20-8-5-4-6-9-20)36-37(33,34)23-11-7-10-22(16-23)29(31)32/h4-16,24H,17-18H2,1-3H3. The van der Waals surface area contributed by atoms with Crippen molar-refractivity contribution in [2.24, 2.45) is 0 Å². The molecule has 9 nitrogen and oxygen atoms in total. The van der Waals surface area contributed by atoms with Gasteiger partial charge in [0.15, 0.2) is 0 Å². The lowest BCUT2D eigenvalue weighted by Crippen LogP contribution is -2.39. The molecular weight excluding hydrogens is 503 g/mol. The van der Waals surface area contributed by atoms with E-state index in [9.17, 15) is 27.7 Å². The third kappa shape index (κ3) is 8.09. The summed E-state index contributed by atoms with van der Waals surface area (Å²) in [4.78, 5) is 24.4. The SMILES string of the molecule is CC(C)(C)OC(=O)N(Cc1ccc(F)cc1)CC(OS(=O)(=O)c1cccc([N+](=O)[O-])c1)c1ccccc1. The van der Waals surface area contributed by atoms with E-state index >= 15 is 0 Å². The monoisotopic (exact) mass is 530 g/mol. The van der Waals surface area contributed by atoms with E-state index in [-0.39, 0.29) is 13.1 Å². The predicted octanol–water partition coefficient (Wildman–Crippen LogP) is 5.62. The van der Waals surface area contributed by atoms with Crippen molar-refractivity contribution in [2.45, 2.75) is 43.9 Å². The van der Waals surface area contributed by atoms with Crippen LogP contribution >= 0.6 is 0 Å². The first-order valence-corrected chi connectivity index (χ1v) is 12.7. The second kappa shape index (κ2) is 11.5. The summed E-state index contributed by atoms with van der Waals surface area (Å²) in [6.45, 7) is 4.82. The number of nitro groups is 1. The molecule has 0 saturated heterocycles. The zero-order valence-corrected chi connectivity index (χ0v) is 21.4. The Labute approximate surface area is 214 Å². The normalized spacial score (nSPS) is 12.5. The summed E-state index contributed by atoms with van der Waals surface area (Å²) in [7, 11) is -4.48. The van der Waals surface area contributed by atoms with Gasteiger partial charge in [-0.1, -0.05) is 48.5 Å². The van der Waals surface area contributed by atoms with Gasteiger partial charge in [-0.3, -0.25) is 14.3 Å². The Hall–Kier alpha value is -3.83. The number of nitrogens with zero attached hydrogens (tertiary/aromatic N) is 2. The number of nitro benzene ring substituents is 1. The van der Waals surface area contributed by atoms with Gasteiger partial charge in [0, 0.05) is 18.7 Å². The summed E-state index contributed by atoms with van der Waals surface area (Å²) in [5.74, 6) is -0.443. The molecular formula is C26H27FN2O7S. The van der Waals surface area contributed by atoms with Crippen molar-refractivity contribution in [1.29, 1.82) is 0 Å². The highest BCUT2D eigenvalue weighted by Gasteiger charge is 2.30. The minimum Gasteiger partial charge on any atom is -0.444 e. The Kier molecular flexibility index (Phi) is 8.61. The number of carbonyl (C=O) groups excluding carboxylic acids is 1.